The molecule has 48 heavy (non-hydrogen) atoms. The van der Waals surface area contributed by atoms with Crippen LogP contribution in [0.3, 0.4) is 0 Å². The summed E-state index contributed by atoms with van der Waals surface area (Å²) in [6, 6.07) is 22.3. The zero-order valence-corrected chi connectivity index (χ0v) is 24.0. The third-order valence-electron chi connectivity index (χ3n) is 8.10. The Bertz CT molecular complexity index is 2060. The molecule has 0 aliphatic carbocycles. The minimum absolute atomic E-state index is 0.0284. The second kappa shape index (κ2) is 10.8. The van der Waals surface area contributed by atoms with E-state index in [0.29, 0.717) is 11.1 Å². The summed E-state index contributed by atoms with van der Waals surface area (Å²) in [4.78, 5) is 49.6. The first-order valence-corrected chi connectivity index (χ1v) is 14.1. The van der Waals surface area contributed by atoms with E-state index in [1.165, 1.54) is 36.4 Å². The van der Waals surface area contributed by atoms with Crippen LogP contribution in [0.15, 0.2) is 97.1 Å². The van der Waals surface area contributed by atoms with Gasteiger partial charge in [-0.2, -0.15) is 26.3 Å². The van der Waals surface area contributed by atoms with Crippen LogP contribution in [0.4, 0.5) is 26.3 Å². The van der Waals surface area contributed by atoms with E-state index in [1.54, 1.807) is 36.4 Å². The number of carbonyl (C=O) groups excluding carboxylic acids is 4. The fourth-order valence-electron chi connectivity index (χ4n) is 6.15. The normalized spacial score (nSPS) is 14.1. The quantitative estimate of drug-likeness (QED) is 0.109. The molecule has 0 spiro atoms. The highest BCUT2D eigenvalue weighted by Crippen LogP contribution is 2.50. The lowest BCUT2D eigenvalue weighted by molar-refractivity contribution is -0.138. The van der Waals surface area contributed by atoms with Crippen LogP contribution in [0.1, 0.15) is 52.6 Å². The highest BCUT2D eigenvalue weighted by Gasteiger charge is 2.46. The van der Waals surface area contributed by atoms with Gasteiger partial charge in [-0.1, -0.05) is 72.8 Å². The SMILES string of the molecule is O=C1OC(=O)c2c1ccc(-c1cc(-c3ccccc3)c(-c3ccc4c(c3C(F)(F)F)C(=O)OC4=O)cc1-c1ccccc1)c2C(F)(F)F. The van der Waals surface area contributed by atoms with Crippen LogP contribution in [0.2, 0.25) is 0 Å². The standard InChI is InChI=1S/C36H16F6O6/c37-35(38,39)29-19(11-13-21-27(29)33(45)47-31(21)43)25-16-24(18-9-5-2-6-10-18)26(15-23(25)17-7-3-1-4-8-17)20-12-14-22-28(30(20)36(40,41)42)34(46)48-32(22)44/h1-16H. The molecule has 12 heteroatoms. The van der Waals surface area contributed by atoms with Crippen molar-refractivity contribution >= 4 is 23.9 Å². The Morgan fingerprint density at radius 1 is 0.375 bits per heavy atom. The molecule has 0 radical (unpaired) electrons. The molecule has 2 aliphatic rings. The van der Waals surface area contributed by atoms with E-state index >= 15 is 0 Å². The Hall–Kier alpha value is -6.04. The van der Waals surface area contributed by atoms with Gasteiger partial charge in [0.2, 0.25) is 0 Å². The lowest BCUT2D eigenvalue weighted by Gasteiger charge is -2.23. The molecule has 5 aromatic rings. The predicted molar refractivity (Wildman–Crippen MR) is 158 cm³/mol. The number of alkyl halides is 6. The van der Waals surface area contributed by atoms with Gasteiger partial charge in [-0.15, -0.1) is 0 Å². The van der Waals surface area contributed by atoms with E-state index in [9.17, 15) is 45.5 Å². The zero-order chi connectivity index (χ0) is 34.1. The number of cyclic esters (lactones) is 4. The second-order valence-corrected chi connectivity index (χ2v) is 10.8. The van der Waals surface area contributed by atoms with Gasteiger partial charge in [-0.05, 0) is 68.8 Å². The van der Waals surface area contributed by atoms with Gasteiger partial charge in [0.05, 0.1) is 33.4 Å². The van der Waals surface area contributed by atoms with E-state index in [0.717, 1.165) is 24.3 Å². The summed E-state index contributed by atoms with van der Waals surface area (Å²) in [6.45, 7) is 0. The topological polar surface area (TPSA) is 86.7 Å². The third kappa shape index (κ3) is 4.84. The van der Waals surface area contributed by atoms with Crippen molar-refractivity contribution < 1.29 is 55.0 Å². The number of esters is 4. The van der Waals surface area contributed by atoms with Gasteiger partial charge in [0.15, 0.2) is 0 Å². The molecular formula is C36H16F6O6. The first kappa shape index (κ1) is 30.6. The summed E-state index contributed by atoms with van der Waals surface area (Å²) in [5, 5.41) is 0. The molecular weight excluding hydrogens is 642 g/mol. The lowest BCUT2D eigenvalue weighted by atomic mass is 9.81. The monoisotopic (exact) mass is 658 g/mol. The van der Waals surface area contributed by atoms with Crippen LogP contribution in [0.5, 0.6) is 0 Å². The first-order chi connectivity index (χ1) is 22.8. The van der Waals surface area contributed by atoms with Gasteiger partial charge in [0, 0.05) is 0 Å². The number of benzene rings is 5. The zero-order valence-electron chi connectivity index (χ0n) is 24.0. The van der Waals surface area contributed by atoms with Crippen LogP contribution >= 0.6 is 0 Å². The molecule has 2 heterocycles. The molecule has 0 amide bonds. The molecule has 2 aliphatic heterocycles. The van der Waals surface area contributed by atoms with Gasteiger partial charge in [-0.25, -0.2) is 19.2 Å². The minimum atomic E-state index is -5.18. The second-order valence-electron chi connectivity index (χ2n) is 10.8. The molecule has 0 aromatic heterocycles. The van der Waals surface area contributed by atoms with Crippen molar-refractivity contribution in [2.45, 2.75) is 12.4 Å². The average Bonchev–Trinajstić information content (AvgIpc) is 3.51. The van der Waals surface area contributed by atoms with Gasteiger partial charge >= 0.3 is 36.2 Å². The Morgan fingerprint density at radius 3 is 1.04 bits per heavy atom. The molecule has 238 valence electrons. The third-order valence-corrected chi connectivity index (χ3v) is 8.10. The van der Waals surface area contributed by atoms with E-state index in [1.807, 2.05) is 0 Å². The van der Waals surface area contributed by atoms with Crippen molar-refractivity contribution in [3.63, 3.8) is 0 Å². The maximum Gasteiger partial charge on any atom is 0.417 e. The Morgan fingerprint density at radius 2 is 0.708 bits per heavy atom. The molecule has 0 saturated heterocycles. The van der Waals surface area contributed by atoms with E-state index in [-0.39, 0.29) is 22.3 Å². The van der Waals surface area contributed by atoms with Crippen LogP contribution < -0.4 is 0 Å². The number of hydrogen-bond acceptors (Lipinski definition) is 6. The van der Waals surface area contributed by atoms with E-state index in [4.69, 9.17) is 0 Å². The number of fused-ring (bicyclic) bond motifs is 2. The predicted octanol–water partition coefficient (Wildman–Crippen LogP) is 9.01. The molecule has 7 rings (SSSR count). The van der Waals surface area contributed by atoms with Crippen molar-refractivity contribution in [2.24, 2.45) is 0 Å². The molecule has 6 nitrogen and oxygen atoms in total. The fraction of sp³-hybridized carbons (Fsp3) is 0.0556. The van der Waals surface area contributed by atoms with Crippen molar-refractivity contribution in [1.82, 2.24) is 0 Å². The summed E-state index contributed by atoms with van der Waals surface area (Å²) >= 11 is 0. The summed E-state index contributed by atoms with van der Waals surface area (Å²) in [5.41, 5.74) is -6.68. The number of carbonyl (C=O) groups is 4. The van der Waals surface area contributed by atoms with Crippen LogP contribution in [-0.4, -0.2) is 23.9 Å². The smallest absolute Gasteiger partial charge is 0.386 e. The van der Waals surface area contributed by atoms with Gasteiger partial charge in [0.1, 0.15) is 0 Å². The summed E-state index contributed by atoms with van der Waals surface area (Å²) in [5.74, 6) is -5.47. The average molecular weight is 659 g/mol. The molecule has 0 N–H and O–H groups in total. The number of hydrogen-bond donors (Lipinski definition) is 0. The summed E-state index contributed by atoms with van der Waals surface area (Å²) < 4.78 is 98.1. The first-order valence-electron chi connectivity index (χ1n) is 14.1. The number of rotatable bonds is 4. The maximum atomic E-state index is 14.9. The number of halogens is 6. The van der Waals surface area contributed by atoms with E-state index < -0.39 is 80.7 Å². The lowest BCUT2D eigenvalue weighted by Crippen LogP contribution is -2.15. The molecule has 0 saturated carbocycles. The van der Waals surface area contributed by atoms with Gasteiger partial charge in [-0.3, -0.25) is 0 Å². The fourth-order valence-corrected chi connectivity index (χ4v) is 6.15. The molecule has 0 unspecified atom stereocenters. The summed E-state index contributed by atoms with van der Waals surface area (Å²) in [7, 11) is 0. The Labute approximate surface area is 266 Å². The van der Waals surface area contributed by atoms with E-state index in [2.05, 4.69) is 9.47 Å². The molecule has 0 fully saturated rings. The highest BCUT2D eigenvalue weighted by atomic mass is 19.4. The highest BCUT2D eigenvalue weighted by molar-refractivity contribution is 6.18. The van der Waals surface area contributed by atoms with Crippen molar-refractivity contribution in [3.8, 4) is 44.5 Å². The van der Waals surface area contributed by atoms with Gasteiger partial charge in [0.25, 0.3) is 0 Å². The molecule has 0 bridgehead atoms. The van der Waals surface area contributed by atoms with Crippen LogP contribution in [0, 0.1) is 0 Å². The minimum Gasteiger partial charge on any atom is -0.386 e. The Balaban J connectivity index is 1.64. The van der Waals surface area contributed by atoms with Crippen LogP contribution in [0.25, 0.3) is 44.5 Å². The van der Waals surface area contributed by atoms with Crippen molar-refractivity contribution in [2.75, 3.05) is 0 Å². The maximum absolute atomic E-state index is 14.9. The van der Waals surface area contributed by atoms with Crippen molar-refractivity contribution in [3.05, 3.63) is 130 Å². The largest absolute Gasteiger partial charge is 0.417 e. The van der Waals surface area contributed by atoms with Crippen LogP contribution in [-0.2, 0) is 21.8 Å². The van der Waals surface area contributed by atoms with Gasteiger partial charge < -0.3 is 9.47 Å². The number of ether oxygens (including phenoxy) is 2. The summed E-state index contributed by atoms with van der Waals surface area (Å²) in [6.07, 6.45) is -10.4. The molecule has 5 aromatic carbocycles. The molecule has 0 atom stereocenters. The Kier molecular flexibility index (Phi) is 6.86. The van der Waals surface area contributed by atoms with Crippen molar-refractivity contribution in [1.29, 1.82) is 0 Å².